The summed E-state index contributed by atoms with van der Waals surface area (Å²) in [6.07, 6.45) is 0. The van der Waals surface area contributed by atoms with Gasteiger partial charge in [-0.15, -0.1) is 0 Å². The van der Waals surface area contributed by atoms with Gasteiger partial charge in [-0.2, -0.15) is 0 Å². The third-order valence-corrected chi connectivity index (χ3v) is 4.72. The molecule has 2 aromatic carbocycles. The van der Waals surface area contributed by atoms with Crippen LogP contribution in [0.3, 0.4) is 0 Å². The van der Waals surface area contributed by atoms with E-state index in [9.17, 15) is 19.7 Å². The highest BCUT2D eigenvalue weighted by molar-refractivity contribution is 5.97. The normalized spacial score (nSPS) is 13.9. The molecular formula is C20H22N4O4. The monoisotopic (exact) mass is 382 g/mol. The van der Waals surface area contributed by atoms with E-state index in [4.69, 9.17) is 0 Å². The Balaban J connectivity index is 1.50. The molecule has 0 saturated carbocycles. The number of nitrogens with zero attached hydrogens (tertiary/aromatic N) is 3. The molecule has 0 bridgehead atoms. The van der Waals surface area contributed by atoms with Crippen molar-refractivity contribution in [1.82, 2.24) is 10.2 Å². The number of nitro groups is 1. The fourth-order valence-electron chi connectivity index (χ4n) is 3.17. The molecule has 0 unspecified atom stereocenters. The average Bonchev–Trinajstić information content (AvgIpc) is 2.72. The van der Waals surface area contributed by atoms with Crippen LogP contribution < -0.4 is 10.2 Å². The minimum absolute atomic E-state index is 0.133. The van der Waals surface area contributed by atoms with E-state index < -0.39 is 10.8 Å². The van der Waals surface area contributed by atoms with E-state index in [0.717, 1.165) is 18.8 Å². The maximum absolute atomic E-state index is 12.4. The number of carbonyl (C=O) groups is 2. The molecule has 1 aliphatic rings. The van der Waals surface area contributed by atoms with Crippen LogP contribution in [0.15, 0.2) is 48.5 Å². The molecule has 2 aromatic rings. The largest absolute Gasteiger partial charge is 0.368 e. The molecule has 0 radical (unpaired) electrons. The van der Waals surface area contributed by atoms with Gasteiger partial charge in [0.05, 0.1) is 11.5 Å². The van der Waals surface area contributed by atoms with Crippen molar-refractivity contribution >= 4 is 23.2 Å². The summed E-state index contributed by atoms with van der Waals surface area (Å²) in [5, 5.41) is 13.4. The van der Waals surface area contributed by atoms with E-state index in [1.54, 1.807) is 4.90 Å². The van der Waals surface area contributed by atoms with Gasteiger partial charge in [-0.1, -0.05) is 18.2 Å². The molecule has 28 heavy (non-hydrogen) atoms. The predicted molar refractivity (Wildman–Crippen MR) is 105 cm³/mol. The van der Waals surface area contributed by atoms with Gasteiger partial charge < -0.3 is 15.1 Å². The summed E-state index contributed by atoms with van der Waals surface area (Å²) in [6, 6.07) is 13.7. The van der Waals surface area contributed by atoms with Crippen LogP contribution in [0.25, 0.3) is 0 Å². The third kappa shape index (κ3) is 4.64. The molecule has 1 N–H and O–H groups in total. The molecule has 8 heteroatoms. The molecule has 0 atom stereocenters. The zero-order valence-electron chi connectivity index (χ0n) is 15.6. The highest BCUT2D eigenvalue weighted by atomic mass is 16.6. The van der Waals surface area contributed by atoms with E-state index in [2.05, 4.69) is 22.3 Å². The quantitative estimate of drug-likeness (QED) is 0.630. The molecule has 1 fully saturated rings. The second-order valence-electron chi connectivity index (χ2n) is 6.70. The van der Waals surface area contributed by atoms with Crippen LogP contribution in [0.2, 0.25) is 0 Å². The number of rotatable bonds is 5. The summed E-state index contributed by atoms with van der Waals surface area (Å²) in [5.74, 6) is -0.668. The molecule has 0 aliphatic carbocycles. The lowest BCUT2D eigenvalue weighted by molar-refractivity contribution is -0.384. The molecule has 0 aromatic heterocycles. The average molecular weight is 382 g/mol. The van der Waals surface area contributed by atoms with Crippen LogP contribution in [-0.4, -0.2) is 54.4 Å². The summed E-state index contributed by atoms with van der Waals surface area (Å²) < 4.78 is 0. The SMILES string of the molecule is Cc1cccc(N2CCN(C(=O)CNC(=O)c3cccc([N+](=O)[O-])c3)CC2)c1. The van der Waals surface area contributed by atoms with Crippen molar-refractivity contribution in [2.24, 2.45) is 0 Å². The second kappa shape index (κ2) is 8.51. The van der Waals surface area contributed by atoms with Gasteiger partial charge in [0.2, 0.25) is 5.91 Å². The lowest BCUT2D eigenvalue weighted by Crippen LogP contribution is -2.51. The Morgan fingerprint density at radius 2 is 1.79 bits per heavy atom. The van der Waals surface area contributed by atoms with Crippen molar-refractivity contribution in [3.63, 3.8) is 0 Å². The van der Waals surface area contributed by atoms with Gasteiger partial charge in [0, 0.05) is 49.6 Å². The first kappa shape index (κ1) is 19.3. The second-order valence-corrected chi connectivity index (χ2v) is 6.70. The number of anilines is 1. The Bertz CT molecular complexity index is 891. The van der Waals surface area contributed by atoms with Crippen LogP contribution in [0.1, 0.15) is 15.9 Å². The standard InChI is InChI=1S/C20H22N4O4/c1-15-4-2-6-17(12-15)22-8-10-23(11-9-22)19(25)14-21-20(26)16-5-3-7-18(13-16)24(27)28/h2-7,12-13H,8-11,14H2,1H3,(H,21,26). The zero-order chi connectivity index (χ0) is 20.1. The van der Waals surface area contributed by atoms with Gasteiger partial charge in [-0.3, -0.25) is 19.7 Å². The predicted octanol–water partition coefficient (Wildman–Crippen LogP) is 1.98. The number of non-ortho nitro benzene ring substituents is 1. The first-order valence-electron chi connectivity index (χ1n) is 9.06. The number of amides is 2. The van der Waals surface area contributed by atoms with Gasteiger partial charge in [-0.25, -0.2) is 0 Å². The summed E-state index contributed by atoms with van der Waals surface area (Å²) in [7, 11) is 0. The Morgan fingerprint density at radius 3 is 2.46 bits per heavy atom. The van der Waals surface area contributed by atoms with Gasteiger partial charge in [-0.05, 0) is 30.7 Å². The molecule has 0 spiro atoms. The Labute approximate surface area is 162 Å². The Kier molecular flexibility index (Phi) is 5.88. The van der Waals surface area contributed by atoms with Crippen molar-refractivity contribution in [2.45, 2.75) is 6.92 Å². The highest BCUT2D eigenvalue weighted by Crippen LogP contribution is 2.18. The van der Waals surface area contributed by atoms with Crippen LogP contribution >= 0.6 is 0 Å². The first-order chi connectivity index (χ1) is 13.4. The fourth-order valence-corrected chi connectivity index (χ4v) is 3.17. The van der Waals surface area contributed by atoms with E-state index in [1.165, 1.54) is 29.8 Å². The summed E-state index contributed by atoms with van der Waals surface area (Å²) >= 11 is 0. The number of piperazine rings is 1. The molecule has 3 rings (SSSR count). The maximum Gasteiger partial charge on any atom is 0.270 e. The van der Waals surface area contributed by atoms with E-state index >= 15 is 0 Å². The Hall–Kier alpha value is -3.42. The number of aryl methyl sites for hydroxylation is 1. The molecule has 1 saturated heterocycles. The zero-order valence-corrected chi connectivity index (χ0v) is 15.6. The molecule has 8 nitrogen and oxygen atoms in total. The van der Waals surface area contributed by atoms with Crippen molar-refractivity contribution in [3.8, 4) is 0 Å². The molecular weight excluding hydrogens is 360 g/mol. The van der Waals surface area contributed by atoms with Gasteiger partial charge in [0.15, 0.2) is 0 Å². The van der Waals surface area contributed by atoms with E-state index in [0.29, 0.717) is 13.1 Å². The van der Waals surface area contributed by atoms with Crippen LogP contribution in [0.5, 0.6) is 0 Å². The van der Waals surface area contributed by atoms with Gasteiger partial charge in [0.1, 0.15) is 0 Å². The van der Waals surface area contributed by atoms with Gasteiger partial charge in [0.25, 0.3) is 11.6 Å². The summed E-state index contributed by atoms with van der Waals surface area (Å²) in [5.41, 5.74) is 2.34. The minimum Gasteiger partial charge on any atom is -0.368 e. The van der Waals surface area contributed by atoms with E-state index in [1.807, 2.05) is 19.1 Å². The number of nitrogens with one attached hydrogen (secondary N) is 1. The topological polar surface area (TPSA) is 95.8 Å². The lowest BCUT2D eigenvalue weighted by Gasteiger charge is -2.36. The number of carbonyl (C=O) groups excluding carboxylic acids is 2. The minimum atomic E-state index is -0.560. The molecule has 1 heterocycles. The maximum atomic E-state index is 12.4. The molecule has 2 amide bonds. The summed E-state index contributed by atoms with van der Waals surface area (Å²) in [4.78, 5) is 38.8. The molecule has 146 valence electrons. The van der Waals surface area contributed by atoms with Crippen molar-refractivity contribution in [3.05, 3.63) is 69.8 Å². The Morgan fingerprint density at radius 1 is 1.07 bits per heavy atom. The van der Waals surface area contributed by atoms with Crippen LogP contribution in [0, 0.1) is 17.0 Å². The fraction of sp³-hybridized carbons (Fsp3) is 0.300. The van der Waals surface area contributed by atoms with Crippen LogP contribution in [0.4, 0.5) is 11.4 Å². The van der Waals surface area contributed by atoms with Crippen molar-refractivity contribution in [1.29, 1.82) is 0 Å². The number of hydrogen-bond acceptors (Lipinski definition) is 5. The van der Waals surface area contributed by atoms with Crippen LogP contribution in [-0.2, 0) is 4.79 Å². The van der Waals surface area contributed by atoms with Gasteiger partial charge >= 0.3 is 0 Å². The third-order valence-electron chi connectivity index (χ3n) is 4.72. The first-order valence-corrected chi connectivity index (χ1v) is 9.06. The molecule has 1 aliphatic heterocycles. The lowest BCUT2D eigenvalue weighted by atomic mass is 10.2. The number of nitro benzene ring substituents is 1. The highest BCUT2D eigenvalue weighted by Gasteiger charge is 2.22. The number of hydrogen-bond donors (Lipinski definition) is 1. The van der Waals surface area contributed by atoms with Crippen molar-refractivity contribution in [2.75, 3.05) is 37.6 Å². The van der Waals surface area contributed by atoms with E-state index in [-0.39, 0.29) is 23.7 Å². The van der Waals surface area contributed by atoms with Crippen molar-refractivity contribution < 1.29 is 14.5 Å². The smallest absolute Gasteiger partial charge is 0.270 e. The number of benzene rings is 2. The summed E-state index contributed by atoms with van der Waals surface area (Å²) in [6.45, 7) is 4.54.